The minimum Gasteiger partial charge on any atom is -0.330 e. The van der Waals surface area contributed by atoms with E-state index in [1.165, 1.54) is 64.6 Å². The molecule has 2 fully saturated rings. The quantitative estimate of drug-likeness (QED) is 0.823. The zero-order valence-electron chi connectivity index (χ0n) is 13.4. The predicted octanol–water partition coefficient (Wildman–Crippen LogP) is 3.65. The van der Waals surface area contributed by atoms with Gasteiger partial charge in [0.25, 0.3) is 0 Å². The molecule has 0 unspecified atom stereocenters. The second-order valence-corrected chi connectivity index (χ2v) is 7.55. The fourth-order valence-electron chi connectivity index (χ4n) is 4.27. The molecule has 1 saturated heterocycles. The fraction of sp³-hybridized carbons (Fsp3) is 1.00. The molecule has 112 valence electrons. The summed E-state index contributed by atoms with van der Waals surface area (Å²) in [5, 5.41) is 0. The van der Waals surface area contributed by atoms with Crippen molar-refractivity contribution in [2.24, 2.45) is 22.5 Å². The topological polar surface area (TPSA) is 29.3 Å². The summed E-state index contributed by atoms with van der Waals surface area (Å²) < 4.78 is 0. The highest BCUT2D eigenvalue weighted by Gasteiger charge is 2.40. The van der Waals surface area contributed by atoms with E-state index in [2.05, 4.69) is 25.7 Å². The highest BCUT2D eigenvalue weighted by atomic mass is 15.2. The summed E-state index contributed by atoms with van der Waals surface area (Å²) in [4.78, 5) is 2.73. The maximum absolute atomic E-state index is 6.17. The Morgan fingerprint density at radius 2 is 1.68 bits per heavy atom. The Hall–Kier alpha value is -0.0800. The highest BCUT2D eigenvalue weighted by molar-refractivity contribution is 4.94. The van der Waals surface area contributed by atoms with Crippen LogP contribution in [0.15, 0.2) is 0 Å². The molecule has 2 N–H and O–H groups in total. The molecule has 0 amide bonds. The Balaban J connectivity index is 1.93. The van der Waals surface area contributed by atoms with Crippen LogP contribution in [0.3, 0.4) is 0 Å². The summed E-state index contributed by atoms with van der Waals surface area (Å²) in [5.41, 5.74) is 7.21. The van der Waals surface area contributed by atoms with Crippen molar-refractivity contribution in [1.29, 1.82) is 0 Å². The fourth-order valence-corrected chi connectivity index (χ4v) is 4.27. The van der Waals surface area contributed by atoms with Crippen LogP contribution in [0, 0.1) is 16.7 Å². The summed E-state index contributed by atoms with van der Waals surface area (Å²) in [5.74, 6) is 0.920. The minimum absolute atomic E-state index is 0.435. The van der Waals surface area contributed by atoms with E-state index in [0.717, 1.165) is 12.5 Å². The van der Waals surface area contributed by atoms with Crippen molar-refractivity contribution in [2.45, 2.75) is 65.7 Å². The first-order valence-corrected chi connectivity index (χ1v) is 8.49. The molecule has 1 saturated carbocycles. The van der Waals surface area contributed by atoms with E-state index in [4.69, 9.17) is 5.73 Å². The van der Waals surface area contributed by atoms with Gasteiger partial charge < -0.3 is 10.6 Å². The molecule has 1 heterocycles. The van der Waals surface area contributed by atoms with Gasteiger partial charge in [-0.05, 0) is 61.9 Å². The van der Waals surface area contributed by atoms with Crippen LogP contribution >= 0.6 is 0 Å². The average Bonchev–Trinajstić information content (AvgIpc) is 2.85. The van der Waals surface area contributed by atoms with E-state index in [-0.39, 0.29) is 0 Å². The number of likely N-dealkylation sites (tertiary alicyclic amines) is 1. The number of nitrogens with two attached hydrogens (primary N) is 1. The van der Waals surface area contributed by atoms with Crippen molar-refractivity contribution in [3.05, 3.63) is 0 Å². The molecular weight excluding hydrogens is 232 g/mol. The molecule has 2 rings (SSSR count). The summed E-state index contributed by atoms with van der Waals surface area (Å²) in [7, 11) is 0. The van der Waals surface area contributed by atoms with Crippen LogP contribution < -0.4 is 5.73 Å². The zero-order chi connectivity index (χ0) is 13.9. The van der Waals surface area contributed by atoms with Crippen molar-refractivity contribution in [3.8, 4) is 0 Å². The Bertz CT molecular complexity index is 275. The third-order valence-corrected chi connectivity index (χ3v) is 6.34. The van der Waals surface area contributed by atoms with E-state index < -0.39 is 0 Å². The van der Waals surface area contributed by atoms with Gasteiger partial charge in [0.1, 0.15) is 0 Å². The van der Waals surface area contributed by atoms with Crippen molar-refractivity contribution in [2.75, 3.05) is 26.2 Å². The lowest BCUT2D eigenvalue weighted by molar-refractivity contribution is 0.0990. The van der Waals surface area contributed by atoms with E-state index in [0.29, 0.717) is 10.8 Å². The van der Waals surface area contributed by atoms with Gasteiger partial charge in [0.05, 0.1) is 0 Å². The molecule has 19 heavy (non-hydrogen) atoms. The predicted molar refractivity (Wildman–Crippen MR) is 83.2 cm³/mol. The molecule has 0 spiro atoms. The molecule has 0 atom stereocenters. The Morgan fingerprint density at radius 1 is 1.05 bits per heavy atom. The van der Waals surface area contributed by atoms with E-state index >= 15 is 0 Å². The maximum Gasteiger partial charge on any atom is 0.00503 e. The summed E-state index contributed by atoms with van der Waals surface area (Å²) in [6.45, 7) is 11.9. The van der Waals surface area contributed by atoms with E-state index in [1.807, 2.05) is 0 Å². The molecule has 0 aromatic rings. The highest BCUT2D eigenvalue weighted by Crippen LogP contribution is 2.42. The Morgan fingerprint density at radius 3 is 2.16 bits per heavy atom. The van der Waals surface area contributed by atoms with Gasteiger partial charge in [-0.15, -0.1) is 0 Å². The molecule has 1 aliphatic carbocycles. The van der Waals surface area contributed by atoms with Gasteiger partial charge in [0, 0.05) is 13.1 Å². The summed E-state index contributed by atoms with van der Waals surface area (Å²) in [6.07, 6.45) is 9.56. The monoisotopic (exact) mass is 266 g/mol. The van der Waals surface area contributed by atoms with Crippen LogP contribution in [0.2, 0.25) is 0 Å². The zero-order valence-corrected chi connectivity index (χ0v) is 13.4. The van der Waals surface area contributed by atoms with Crippen LogP contribution in [0.25, 0.3) is 0 Å². The van der Waals surface area contributed by atoms with Gasteiger partial charge in [-0.25, -0.2) is 0 Å². The average molecular weight is 266 g/mol. The largest absolute Gasteiger partial charge is 0.330 e. The van der Waals surface area contributed by atoms with Crippen LogP contribution in [0.5, 0.6) is 0 Å². The lowest BCUT2D eigenvalue weighted by Gasteiger charge is -2.41. The molecule has 1 aliphatic heterocycles. The third kappa shape index (κ3) is 3.33. The Kier molecular flexibility index (Phi) is 4.94. The number of nitrogens with zero attached hydrogens (tertiary/aromatic N) is 1. The SMILES string of the molecule is CCC1(CC)CCN(CC2(CN)CCC(C)CC2)C1. The van der Waals surface area contributed by atoms with Crippen molar-refractivity contribution >= 4 is 0 Å². The second kappa shape index (κ2) is 6.13. The summed E-state index contributed by atoms with van der Waals surface area (Å²) >= 11 is 0. The molecule has 2 aliphatic rings. The molecule has 0 aromatic heterocycles. The number of hydrogen-bond acceptors (Lipinski definition) is 2. The molecule has 2 nitrogen and oxygen atoms in total. The number of rotatable bonds is 5. The maximum atomic E-state index is 6.17. The van der Waals surface area contributed by atoms with E-state index in [1.54, 1.807) is 0 Å². The minimum atomic E-state index is 0.435. The normalized spacial score (nSPS) is 35.7. The first-order valence-electron chi connectivity index (χ1n) is 8.49. The van der Waals surface area contributed by atoms with Crippen molar-refractivity contribution < 1.29 is 0 Å². The van der Waals surface area contributed by atoms with Crippen LogP contribution in [0.1, 0.15) is 65.7 Å². The third-order valence-electron chi connectivity index (χ3n) is 6.34. The van der Waals surface area contributed by atoms with Crippen LogP contribution in [-0.2, 0) is 0 Å². The lowest BCUT2D eigenvalue weighted by Crippen LogP contribution is -2.44. The van der Waals surface area contributed by atoms with Gasteiger partial charge in [-0.3, -0.25) is 0 Å². The molecule has 0 aromatic carbocycles. The Labute approximate surface area is 120 Å². The second-order valence-electron chi connectivity index (χ2n) is 7.55. The molecule has 0 bridgehead atoms. The molecule has 2 heteroatoms. The van der Waals surface area contributed by atoms with E-state index in [9.17, 15) is 0 Å². The van der Waals surface area contributed by atoms with Gasteiger partial charge in [0.2, 0.25) is 0 Å². The molecule has 0 radical (unpaired) electrons. The molecular formula is C17H34N2. The first-order chi connectivity index (χ1) is 9.07. The van der Waals surface area contributed by atoms with Gasteiger partial charge in [0.15, 0.2) is 0 Å². The van der Waals surface area contributed by atoms with Crippen molar-refractivity contribution in [1.82, 2.24) is 4.90 Å². The van der Waals surface area contributed by atoms with Crippen molar-refractivity contribution in [3.63, 3.8) is 0 Å². The first kappa shape index (κ1) is 15.3. The van der Waals surface area contributed by atoms with Gasteiger partial charge in [-0.1, -0.05) is 33.6 Å². The van der Waals surface area contributed by atoms with Gasteiger partial charge in [-0.2, -0.15) is 0 Å². The number of hydrogen-bond donors (Lipinski definition) is 1. The van der Waals surface area contributed by atoms with Gasteiger partial charge >= 0.3 is 0 Å². The standard InChI is InChI=1S/C17H34N2/c1-4-16(5-2)10-11-19(13-16)14-17(12-18)8-6-15(3)7-9-17/h15H,4-14,18H2,1-3H3. The van der Waals surface area contributed by atoms with Crippen LogP contribution in [-0.4, -0.2) is 31.1 Å². The van der Waals surface area contributed by atoms with Crippen LogP contribution in [0.4, 0.5) is 0 Å². The smallest absolute Gasteiger partial charge is 0.00503 e. The summed E-state index contributed by atoms with van der Waals surface area (Å²) in [6, 6.07) is 0. The lowest BCUT2D eigenvalue weighted by atomic mass is 9.70.